The van der Waals surface area contributed by atoms with Crippen molar-refractivity contribution in [3.8, 4) is 0 Å². The minimum absolute atomic E-state index is 0.0574. The van der Waals surface area contributed by atoms with Crippen molar-refractivity contribution in [1.29, 1.82) is 0 Å². The summed E-state index contributed by atoms with van der Waals surface area (Å²) in [6.45, 7) is 2.82. The van der Waals surface area contributed by atoms with Crippen LogP contribution >= 0.6 is 0 Å². The van der Waals surface area contributed by atoms with Crippen LogP contribution in [0.2, 0.25) is 0 Å². The normalized spacial score (nSPS) is 21.1. The highest BCUT2D eigenvalue weighted by atomic mass is 16.2. The third-order valence-corrected chi connectivity index (χ3v) is 5.27. The summed E-state index contributed by atoms with van der Waals surface area (Å²) in [6, 6.07) is 8.28. The molecular weight excluding hydrogens is 302 g/mol. The molecule has 2 amide bonds. The van der Waals surface area contributed by atoms with Gasteiger partial charge in [0.05, 0.1) is 0 Å². The zero-order valence-corrected chi connectivity index (χ0v) is 14.7. The first-order valence-corrected chi connectivity index (χ1v) is 8.87. The van der Waals surface area contributed by atoms with Crippen molar-refractivity contribution in [3.05, 3.63) is 35.4 Å². The molecule has 0 saturated carbocycles. The lowest BCUT2D eigenvalue weighted by Crippen LogP contribution is -2.36. The summed E-state index contributed by atoms with van der Waals surface area (Å²) in [5.74, 6) is 0.236. The Morgan fingerprint density at radius 1 is 1.21 bits per heavy atom. The maximum absolute atomic E-state index is 12.5. The van der Waals surface area contributed by atoms with Crippen molar-refractivity contribution in [2.24, 2.45) is 0 Å². The average molecular weight is 329 g/mol. The van der Waals surface area contributed by atoms with Gasteiger partial charge in [0, 0.05) is 44.2 Å². The number of amides is 2. The first-order valence-electron chi connectivity index (χ1n) is 8.87. The molecule has 130 valence electrons. The molecule has 2 aliphatic rings. The van der Waals surface area contributed by atoms with Crippen LogP contribution in [0.1, 0.15) is 41.6 Å². The molecule has 3 rings (SSSR count). The van der Waals surface area contributed by atoms with Crippen LogP contribution in [-0.2, 0) is 11.3 Å². The lowest BCUT2D eigenvalue weighted by Gasteiger charge is -2.24. The first kappa shape index (κ1) is 17.0. The van der Waals surface area contributed by atoms with Crippen molar-refractivity contribution >= 4 is 11.8 Å². The van der Waals surface area contributed by atoms with Crippen molar-refractivity contribution in [3.63, 3.8) is 0 Å². The number of carbonyl (C=O) groups excluding carboxylic acids is 2. The molecule has 2 aliphatic heterocycles. The summed E-state index contributed by atoms with van der Waals surface area (Å²) in [4.78, 5) is 30.9. The Kier molecular flexibility index (Phi) is 5.19. The first-order chi connectivity index (χ1) is 11.6. The molecule has 1 atom stereocenters. The average Bonchev–Trinajstić information content (AvgIpc) is 2.76. The van der Waals surface area contributed by atoms with Crippen LogP contribution < -0.4 is 0 Å². The van der Waals surface area contributed by atoms with E-state index in [0.29, 0.717) is 25.6 Å². The molecule has 1 fully saturated rings. The fourth-order valence-corrected chi connectivity index (χ4v) is 3.73. The van der Waals surface area contributed by atoms with E-state index in [2.05, 4.69) is 19.0 Å². The second-order valence-corrected chi connectivity index (χ2v) is 7.06. The SMILES string of the molecule is CN(C)[C@H]1CCCN(C(=O)CCN2Cc3ccccc3C2=O)CC1. The Hall–Kier alpha value is -1.88. The molecule has 0 aliphatic carbocycles. The van der Waals surface area contributed by atoms with Crippen LogP contribution in [0, 0.1) is 0 Å². The van der Waals surface area contributed by atoms with Crippen molar-refractivity contribution in [2.75, 3.05) is 33.7 Å². The third-order valence-electron chi connectivity index (χ3n) is 5.27. The summed E-state index contributed by atoms with van der Waals surface area (Å²) >= 11 is 0. The van der Waals surface area contributed by atoms with Gasteiger partial charge in [-0.2, -0.15) is 0 Å². The van der Waals surface area contributed by atoms with Gasteiger partial charge in [0.1, 0.15) is 0 Å². The number of hydrogen-bond donors (Lipinski definition) is 0. The van der Waals surface area contributed by atoms with E-state index in [4.69, 9.17) is 0 Å². The summed E-state index contributed by atoms with van der Waals surface area (Å²) in [5.41, 5.74) is 1.85. The molecule has 0 unspecified atom stereocenters. The summed E-state index contributed by atoms with van der Waals surface area (Å²) in [6.07, 6.45) is 3.67. The Labute approximate surface area is 144 Å². The number of hydrogen-bond acceptors (Lipinski definition) is 3. The molecule has 0 N–H and O–H groups in total. The largest absolute Gasteiger partial charge is 0.343 e. The number of likely N-dealkylation sites (tertiary alicyclic amines) is 1. The van der Waals surface area contributed by atoms with E-state index in [1.807, 2.05) is 29.2 Å². The molecule has 24 heavy (non-hydrogen) atoms. The van der Waals surface area contributed by atoms with E-state index in [9.17, 15) is 9.59 Å². The molecule has 2 heterocycles. The third kappa shape index (κ3) is 3.61. The fourth-order valence-electron chi connectivity index (χ4n) is 3.73. The Morgan fingerprint density at radius 2 is 2.00 bits per heavy atom. The number of rotatable bonds is 4. The van der Waals surface area contributed by atoms with E-state index in [1.165, 1.54) is 0 Å². The van der Waals surface area contributed by atoms with Crippen molar-refractivity contribution in [1.82, 2.24) is 14.7 Å². The van der Waals surface area contributed by atoms with Gasteiger partial charge < -0.3 is 14.7 Å². The molecule has 0 aromatic heterocycles. The number of benzene rings is 1. The molecule has 5 heteroatoms. The van der Waals surface area contributed by atoms with Crippen molar-refractivity contribution in [2.45, 2.75) is 38.3 Å². The summed E-state index contributed by atoms with van der Waals surface area (Å²) < 4.78 is 0. The van der Waals surface area contributed by atoms with Gasteiger partial charge in [0.2, 0.25) is 5.91 Å². The summed E-state index contributed by atoms with van der Waals surface area (Å²) in [7, 11) is 4.22. The Bertz CT molecular complexity index is 614. The molecule has 1 aromatic carbocycles. The van der Waals surface area contributed by atoms with E-state index >= 15 is 0 Å². The van der Waals surface area contributed by atoms with E-state index in [-0.39, 0.29) is 11.8 Å². The van der Waals surface area contributed by atoms with Gasteiger partial charge >= 0.3 is 0 Å². The van der Waals surface area contributed by atoms with Crippen LogP contribution in [0.3, 0.4) is 0 Å². The number of carbonyl (C=O) groups is 2. The van der Waals surface area contributed by atoms with Crippen LogP contribution in [0.25, 0.3) is 0 Å². The molecular formula is C19H27N3O2. The maximum atomic E-state index is 12.5. The van der Waals surface area contributed by atoms with Gasteiger partial charge in [-0.15, -0.1) is 0 Å². The predicted octanol–water partition coefficient (Wildman–Crippen LogP) is 1.98. The topological polar surface area (TPSA) is 43.9 Å². The minimum atomic E-state index is 0.0574. The quantitative estimate of drug-likeness (QED) is 0.848. The molecule has 5 nitrogen and oxygen atoms in total. The Balaban J connectivity index is 1.51. The second kappa shape index (κ2) is 7.34. The van der Waals surface area contributed by atoms with Gasteiger partial charge in [-0.25, -0.2) is 0 Å². The van der Waals surface area contributed by atoms with Crippen LogP contribution in [0.15, 0.2) is 24.3 Å². The zero-order valence-electron chi connectivity index (χ0n) is 14.7. The minimum Gasteiger partial charge on any atom is -0.343 e. The summed E-state index contributed by atoms with van der Waals surface area (Å²) in [5, 5.41) is 0. The van der Waals surface area contributed by atoms with E-state index in [1.54, 1.807) is 4.90 Å². The van der Waals surface area contributed by atoms with Crippen LogP contribution in [-0.4, -0.2) is 66.3 Å². The van der Waals surface area contributed by atoms with Gasteiger partial charge in [0.25, 0.3) is 5.91 Å². The fraction of sp³-hybridized carbons (Fsp3) is 0.579. The standard InChI is InChI=1S/C19H27N3O2/c1-20(2)16-7-5-11-21(12-9-16)18(23)10-13-22-14-15-6-3-4-8-17(15)19(22)24/h3-4,6,8,16H,5,7,9-14H2,1-2H3/t16-/m0/s1. The van der Waals surface area contributed by atoms with E-state index in [0.717, 1.165) is 43.5 Å². The smallest absolute Gasteiger partial charge is 0.254 e. The maximum Gasteiger partial charge on any atom is 0.254 e. The van der Waals surface area contributed by atoms with Crippen molar-refractivity contribution < 1.29 is 9.59 Å². The lowest BCUT2D eigenvalue weighted by atomic mass is 10.1. The molecule has 0 bridgehead atoms. The Morgan fingerprint density at radius 3 is 2.75 bits per heavy atom. The monoisotopic (exact) mass is 329 g/mol. The van der Waals surface area contributed by atoms with Gasteiger partial charge in [-0.05, 0) is 45.0 Å². The zero-order chi connectivity index (χ0) is 17.1. The van der Waals surface area contributed by atoms with Gasteiger partial charge in [-0.1, -0.05) is 18.2 Å². The van der Waals surface area contributed by atoms with E-state index < -0.39 is 0 Å². The van der Waals surface area contributed by atoms with Gasteiger partial charge in [-0.3, -0.25) is 9.59 Å². The van der Waals surface area contributed by atoms with Crippen LogP contribution in [0.5, 0.6) is 0 Å². The second-order valence-electron chi connectivity index (χ2n) is 7.06. The van der Waals surface area contributed by atoms with Gasteiger partial charge in [0.15, 0.2) is 0 Å². The molecule has 0 spiro atoms. The number of fused-ring (bicyclic) bond motifs is 1. The lowest BCUT2D eigenvalue weighted by molar-refractivity contribution is -0.131. The predicted molar refractivity (Wildman–Crippen MR) is 93.7 cm³/mol. The highest BCUT2D eigenvalue weighted by molar-refractivity contribution is 5.98. The highest BCUT2D eigenvalue weighted by Gasteiger charge is 2.28. The number of nitrogens with zero attached hydrogens (tertiary/aromatic N) is 3. The highest BCUT2D eigenvalue weighted by Crippen LogP contribution is 2.22. The molecule has 0 radical (unpaired) electrons. The van der Waals surface area contributed by atoms with Crippen LogP contribution in [0.4, 0.5) is 0 Å². The molecule has 1 aromatic rings. The molecule has 1 saturated heterocycles.